The maximum Gasteiger partial charge on any atom is 0.167 e. The van der Waals surface area contributed by atoms with Crippen molar-refractivity contribution < 1.29 is 23.7 Å². The average molecular weight is 486 g/mol. The van der Waals surface area contributed by atoms with Crippen molar-refractivity contribution >= 4 is 17.4 Å². The molecule has 2 heterocycles. The summed E-state index contributed by atoms with van der Waals surface area (Å²) in [4.78, 5) is 12.7. The minimum absolute atomic E-state index is 0.0932. The molecule has 3 aromatic rings. The van der Waals surface area contributed by atoms with E-state index in [0.717, 1.165) is 23.2 Å². The number of nitrogens with zero attached hydrogens (tertiary/aromatic N) is 3. The molecule has 2 atom stereocenters. The number of hydrogen-bond donors (Lipinski definition) is 0. The highest BCUT2D eigenvalue weighted by Crippen LogP contribution is 2.46. The minimum Gasteiger partial charge on any atom is -0.493 e. The standard InChI is InChI=1S/C25H28ClN3O5/c1-5-7-16(30)13-21-25-28-27-22(14-31-2)29(25)19-11-10-15(26)12-18(19)23(34-21)17-8-6-9-20(32-3)24(17)33-4/h6,8-12,21,23H,5,7,13-14H2,1-4H3/t21-,23-/m1/s1. The number of aromatic nitrogens is 3. The van der Waals surface area contributed by atoms with Gasteiger partial charge >= 0.3 is 0 Å². The first-order chi connectivity index (χ1) is 16.5. The molecule has 0 unspecified atom stereocenters. The Morgan fingerprint density at radius 1 is 1.12 bits per heavy atom. The second kappa shape index (κ2) is 10.5. The van der Waals surface area contributed by atoms with Gasteiger partial charge in [0.1, 0.15) is 24.6 Å². The van der Waals surface area contributed by atoms with Crippen LogP contribution in [0.15, 0.2) is 36.4 Å². The van der Waals surface area contributed by atoms with E-state index < -0.39 is 12.2 Å². The Labute approximate surface area is 203 Å². The topological polar surface area (TPSA) is 84.7 Å². The molecule has 9 heteroatoms. The number of carbonyl (C=O) groups excluding carboxylic acids is 1. The molecule has 34 heavy (non-hydrogen) atoms. The maximum atomic E-state index is 12.7. The fraction of sp³-hybridized carbons (Fsp3) is 0.400. The van der Waals surface area contributed by atoms with Crippen LogP contribution in [-0.2, 0) is 20.9 Å². The van der Waals surface area contributed by atoms with Crippen molar-refractivity contribution in [2.45, 2.75) is 45.0 Å². The van der Waals surface area contributed by atoms with Gasteiger partial charge in [-0.25, -0.2) is 0 Å². The molecule has 1 aromatic heterocycles. The number of carbonyl (C=O) groups is 1. The number of methoxy groups -OCH3 is 3. The van der Waals surface area contributed by atoms with Crippen LogP contribution in [0.25, 0.3) is 5.69 Å². The zero-order chi connectivity index (χ0) is 24.2. The second-order valence-electron chi connectivity index (χ2n) is 8.03. The Kier molecular flexibility index (Phi) is 7.50. The van der Waals surface area contributed by atoms with Crippen LogP contribution in [0.4, 0.5) is 0 Å². The number of fused-ring (bicyclic) bond motifs is 3. The van der Waals surface area contributed by atoms with E-state index in [1.165, 1.54) is 0 Å². The zero-order valence-electron chi connectivity index (χ0n) is 19.7. The molecule has 180 valence electrons. The van der Waals surface area contributed by atoms with Crippen LogP contribution in [0.5, 0.6) is 11.5 Å². The second-order valence-corrected chi connectivity index (χ2v) is 8.46. The Balaban J connectivity index is 1.95. The molecule has 0 fully saturated rings. The SMILES string of the molecule is CCCC(=O)C[C@H]1O[C@H](c2cccc(OC)c2OC)c2cc(Cl)ccc2-n2c(COC)nnc21. The Morgan fingerprint density at radius 2 is 1.94 bits per heavy atom. The Morgan fingerprint density at radius 3 is 2.65 bits per heavy atom. The predicted molar refractivity (Wildman–Crippen MR) is 127 cm³/mol. The normalized spacial score (nSPS) is 17.0. The third-order valence-corrected chi connectivity index (χ3v) is 6.02. The van der Waals surface area contributed by atoms with E-state index in [2.05, 4.69) is 10.2 Å². The molecule has 1 aliphatic heterocycles. The number of ketones is 1. The smallest absolute Gasteiger partial charge is 0.167 e. The lowest BCUT2D eigenvalue weighted by Crippen LogP contribution is -2.16. The molecule has 0 radical (unpaired) electrons. The monoisotopic (exact) mass is 485 g/mol. The van der Waals surface area contributed by atoms with Crippen LogP contribution in [0, 0.1) is 0 Å². The van der Waals surface area contributed by atoms with Crippen LogP contribution >= 0.6 is 11.6 Å². The minimum atomic E-state index is -0.635. The number of ether oxygens (including phenoxy) is 4. The van der Waals surface area contributed by atoms with Crippen molar-refractivity contribution in [3.05, 3.63) is 64.2 Å². The van der Waals surface area contributed by atoms with Gasteiger partial charge in [0.05, 0.1) is 19.9 Å². The number of benzene rings is 2. The summed E-state index contributed by atoms with van der Waals surface area (Å²) in [5.41, 5.74) is 2.35. The summed E-state index contributed by atoms with van der Waals surface area (Å²) in [6.45, 7) is 2.23. The molecule has 2 aromatic carbocycles. The highest BCUT2D eigenvalue weighted by molar-refractivity contribution is 6.30. The highest BCUT2D eigenvalue weighted by Gasteiger charge is 2.36. The third kappa shape index (κ3) is 4.53. The number of halogens is 1. The van der Waals surface area contributed by atoms with E-state index in [0.29, 0.717) is 34.6 Å². The summed E-state index contributed by atoms with van der Waals surface area (Å²) in [6, 6.07) is 11.2. The molecule has 0 bridgehead atoms. The van der Waals surface area contributed by atoms with Crippen molar-refractivity contribution in [3.63, 3.8) is 0 Å². The van der Waals surface area contributed by atoms with E-state index in [1.807, 2.05) is 47.9 Å². The lowest BCUT2D eigenvalue weighted by molar-refractivity contribution is -0.123. The number of Topliss-reactive ketones (excluding diaryl/α,β-unsaturated/α-hetero) is 1. The molecule has 0 spiro atoms. The van der Waals surface area contributed by atoms with E-state index >= 15 is 0 Å². The largest absolute Gasteiger partial charge is 0.493 e. The lowest BCUT2D eigenvalue weighted by Gasteiger charge is -2.24. The summed E-state index contributed by atoms with van der Waals surface area (Å²) in [6.07, 6.45) is 0.157. The molecule has 4 rings (SSSR count). The van der Waals surface area contributed by atoms with Crippen LogP contribution in [0.2, 0.25) is 5.02 Å². The lowest BCUT2D eigenvalue weighted by atomic mass is 9.98. The fourth-order valence-corrected chi connectivity index (χ4v) is 4.53. The summed E-state index contributed by atoms with van der Waals surface area (Å²) in [7, 11) is 4.78. The first kappa shape index (κ1) is 24.2. The van der Waals surface area contributed by atoms with Gasteiger partial charge in [0.2, 0.25) is 0 Å². The molecule has 0 aliphatic carbocycles. The summed E-state index contributed by atoms with van der Waals surface area (Å²) < 4.78 is 25.2. The molecule has 0 amide bonds. The fourth-order valence-electron chi connectivity index (χ4n) is 4.35. The highest BCUT2D eigenvalue weighted by atomic mass is 35.5. The molecule has 0 N–H and O–H groups in total. The predicted octanol–water partition coefficient (Wildman–Crippen LogP) is 5.00. The van der Waals surface area contributed by atoms with E-state index in [1.54, 1.807) is 21.3 Å². The van der Waals surface area contributed by atoms with Gasteiger partial charge in [-0.15, -0.1) is 10.2 Å². The number of para-hydroxylation sites is 1. The molecule has 0 saturated heterocycles. The molecular weight excluding hydrogens is 458 g/mol. The molecule has 1 aliphatic rings. The van der Waals surface area contributed by atoms with Crippen molar-refractivity contribution in [2.24, 2.45) is 0 Å². The quantitative estimate of drug-likeness (QED) is 0.421. The number of hydrogen-bond acceptors (Lipinski definition) is 7. The van der Waals surface area contributed by atoms with Crippen molar-refractivity contribution in [1.82, 2.24) is 14.8 Å². The van der Waals surface area contributed by atoms with Gasteiger partial charge in [-0.1, -0.05) is 30.7 Å². The van der Waals surface area contributed by atoms with E-state index in [-0.39, 0.29) is 18.8 Å². The van der Waals surface area contributed by atoms with Gasteiger partial charge < -0.3 is 18.9 Å². The Bertz CT molecular complexity index is 1180. The zero-order valence-corrected chi connectivity index (χ0v) is 20.5. The maximum absolute atomic E-state index is 12.7. The summed E-state index contributed by atoms with van der Waals surface area (Å²) >= 11 is 6.45. The van der Waals surface area contributed by atoms with E-state index in [9.17, 15) is 4.79 Å². The average Bonchev–Trinajstić information content (AvgIpc) is 3.19. The van der Waals surface area contributed by atoms with Gasteiger partial charge in [0, 0.05) is 36.1 Å². The van der Waals surface area contributed by atoms with Gasteiger partial charge in [-0.05, 0) is 30.7 Å². The van der Waals surface area contributed by atoms with Crippen molar-refractivity contribution in [1.29, 1.82) is 0 Å². The van der Waals surface area contributed by atoms with Crippen LogP contribution in [0.3, 0.4) is 0 Å². The van der Waals surface area contributed by atoms with E-state index in [4.69, 9.17) is 30.5 Å². The summed E-state index contributed by atoms with van der Waals surface area (Å²) in [5, 5.41) is 9.31. The molecule has 0 saturated carbocycles. The summed E-state index contributed by atoms with van der Waals surface area (Å²) in [5.74, 6) is 2.37. The third-order valence-electron chi connectivity index (χ3n) is 5.79. The van der Waals surface area contributed by atoms with Crippen LogP contribution in [0.1, 0.15) is 61.2 Å². The van der Waals surface area contributed by atoms with Gasteiger partial charge in [0.15, 0.2) is 23.1 Å². The number of rotatable bonds is 9. The first-order valence-corrected chi connectivity index (χ1v) is 11.5. The van der Waals surface area contributed by atoms with Gasteiger partial charge in [-0.3, -0.25) is 9.36 Å². The van der Waals surface area contributed by atoms with Crippen LogP contribution < -0.4 is 9.47 Å². The van der Waals surface area contributed by atoms with Crippen LogP contribution in [-0.4, -0.2) is 41.9 Å². The van der Waals surface area contributed by atoms with Crippen molar-refractivity contribution in [2.75, 3.05) is 21.3 Å². The van der Waals surface area contributed by atoms with Crippen molar-refractivity contribution in [3.8, 4) is 17.2 Å². The molecular formula is C25H28ClN3O5. The van der Waals surface area contributed by atoms with Gasteiger partial charge in [-0.2, -0.15) is 0 Å². The first-order valence-electron chi connectivity index (χ1n) is 11.1. The molecule has 8 nitrogen and oxygen atoms in total. The Hall–Kier alpha value is -2.94. The van der Waals surface area contributed by atoms with Gasteiger partial charge in [0.25, 0.3) is 0 Å².